The van der Waals surface area contributed by atoms with Gasteiger partial charge in [0, 0.05) is 25.2 Å². The van der Waals surface area contributed by atoms with E-state index < -0.39 is 0 Å². The number of rotatable bonds is 8. The molecule has 0 radical (unpaired) electrons. The lowest BCUT2D eigenvalue weighted by Gasteiger charge is -2.22. The largest absolute Gasteiger partial charge is 0.508 e. The first-order valence-corrected chi connectivity index (χ1v) is 7.20. The van der Waals surface area contributed by atoms with Crippen molar-refractivity contribution in [1.29, 1.82) is 0 Å². The second-order valence-corrected chi connectivity index (χ2v) is 5.63. The molecule has 19 heavy (non-hydrogen) atoms. The summed E-state index contributed by atoms with van der Waals surface area (Å²) in [5, 5.41) is 12.8. The number of aromatic hydroxyl groups is 1. The van der Waals surface area contributed by atoms with Crippen molar-refractivity contribution in [2.24, 2.45) is 0 Å². The van der Waals surface area contributed by atoms with Crippen LogP contribution in [-0.2, 0) is 6.42 Å². The fourth-order valence-corrected chi connectivity index (χ4v) is 1.89. The number of phenols is 1. The Hall–Kier alpha value is -1.06. The van der Waals surface area contributed by atoms with Crippen LogP contribution >= 0.6 is 0 Å². The summed E-state index contributed by atoms with van der Waals surface area (Å²) in [6.07, 6.45) is 2.17. The Labute approximate surface area is 117 Å². The highest BCUT2D eigenvalue weighted by Crippen LogP contribution is 2.11. The zero-order chi connectivity index (χ0) is 14.3. The Kier molecular flexibility index (Phi) is 6.89. The minimum Gasteiger partial charge on any atom is -0.508 e. The Morgan fingerprint density at radius 3 is 2.37 bits per heavy atom. The quantitative estimate of drug-likeness (QED) is 0.757. The van der Waals surface area contributed by atoms with Gasteiger partial charge in [-0.2, -0.15) is 0 Å². The molecule has 1 atom stereocenters. The van der Waals surface area contributed by atoms with Crippen molar-refractivity contribution in [2.45, 2.75) is 45.7 Å². The van der Waals surface area contributed by atoms with Crippen molar-refractivity contribution >= 4 is 0 Å². The molecule has 0 bridgehead atoms. The van der Waals surface area contributed by atoms with Crippen molar-refractivity contribution in [3.8, 4) is 5.75 Å². The van der Waals surface area contributed by atoms with Crippen LogP contribution in [0.5, 0.6) is 5.75 Å². The molecule has 0 heterocycles. The molecule has 0 spiro atoms. The van der Waals surface area contributed by atoms with Gasteiger partial charge in [0.15, 0.2) is 0 Å². The number of likely N-dealkylation sites (N-methyl/N-ethyl adjacent to an activating group) is 1. The Balaban J connectivity index is 2.17. The molecule has 0 fully saturated rings. The van der Waals surface area contributed by atoms with E-state index in [1.54, 1.807) is 12.1 Å². The molecule has 3 nitrogen and oxygen atoms in total. The normalized spacial score (nSPS) is 13.2. The van der Waals surface area contributed by atoms with Gasteiger partial charge in [-0.3, -0.25) is 0 Å². The van der Waals surface area contributed by atoms with Crippen LogP contribution in [0.2, 0.25) is 0 Å². The van der Waals surface area contributed by atoms with Crippen LogP contribution in [-0.4, -0.2) is 42.2 Å². The van der Waals surface area contributed by atoms with E-state index in [4.69, 9.17) is 0 Å². The van der Waals surface area contributed by atoms with Gasteiger partial charge >= 0.3 is 0 Å². The van der Waals surface area contributed by atoms with Crippen molar-refractivity contribution in [2.75, 3.05) is 20.1 Å². The molecular weight excluding hydrogens is 236 g/mol. The van der Waals surface area contributed by atoms with Gasteiger partial charge < -0.3 is 15.3 Å². The molecule has 0 saturated carbocycles. The number of phenolic OH excluding ortho intramolecular Hbond substituents is 1. The van der Waals surface area contributed by atoms with Gasteiger partial charge in [0.1, 0.15) is 5.75 Å². The van der Waals surface area contributed by atoms with Crippen LogP contribution in [0, 0.1) is 0 Å². The summed E-state index contributed by atoms with van der Waals surface area (Å²) in [6, 6.07) is 8.63. The SMILES string of the molecule is CC(CCc1ccc(O)cc1)NCCN(C)C(C)C. The topological polar surface area (TPSA) is 35.5 Å². The third kappa shape index (κ3) is 6.60. The number of nitrogens with one attached hydrogen (secondary N) is 1. The van der Waals surface area contributed by atoms with E-state index in [2.05, 4.69) is 38.0 Å². The van der Waals surface area contributed by atoms with E-state index in [1.807, 2.05) is 12.1 Å². The average Bonchev–Trinajstić information content (AvgIpc) is 2.37. The molecule has 2 N–H and O–H groups in total. The van der Waals surface area contributed by atoms with E-state index in [0.29, 0.717) is 17.8 Å². The minimum atomic E-state index is 0.339. The zero-order valence-electron chi connectivity index (χ0n) is 12.7. The van der Waals surface area contributed by atoms with E-state index in [-0.39, 0.29) is 0 Å². The standard InChI is InChI=1S/C16H28N2O/c1-13(2)18(4)12-11-17-14(3)5-6-15-7-9-16(19)10-8-15/h7-10,13-14,17,19H,5-6,11-12H2,1-4H3. The van der Waals surface area contributed by atoms with Crippen molar-refractivity contribution in [3.05, 3.63) is 29.8 Å². The number of aryl methyl sites for hydroxylation is 1. The van der Waals surface area contributed by atoms with Gasteiger partial charge in [0.25, 0.3) is 0 Å². The van der Waals surface area contributed by atoms with Gasteiger partial charge in [0.05, 0.1) is 0 Å². The monoisotopic (exact) mass is 264 g/mol. The molecule has 0 aliphatic heterocycles. The van der Waals surface area contributed by atoms with Gasteiger partial charge in [-0.05, 0) is 58.4 Å². The second kappa shape index (κ2) is 8.18. The van der Waals surface area contributed by atoms with Crippen molar-refractivity contribution < 1.29 is 5.11 Å². The lowest BCUT2D eigenvalue weighted by atomic mass is 10.1. The first-order chi connectivity index (χ1) is 8.99. The van der Waals surface area contributed by atoms with Crippen LogP contribution in [0.25, 0.3) is 0 Å². The lowest BCUT2D eigenvalue weighted by Crippen LogP contribution is -2.37. The molecule has 0 amide bonds. The smallest absolute Gasteiger partial charge is 0.115 e. The fourth-order valence-electron chi connectivity index (χ4n) is 1.89. The second-order valence-electron chi connectivity index (χ2n) is 5.63. The van der Waals surface area contributed by atoms with Crippen molar-refractivity contribution in [3.63, 3.8) is 0 Å². The Morgan fingerprint density at radius 1 is 1.16 bits per heavy atom. The molecule has 1 rings (SSSR count). The average molecular weight is 264 g/mol. The van der Waals surface area contributed by atoms with Crippen LogP contribution < -0.4 is 5.32 Å². The molecule has 0 aromatic heterocycles. The molecule has 0 aliphatic rings. The van der Waals surface area contributed by atoms with E-state index in [1.165, 1.54) is 5.56 Å². The number of nitrogens with zero attached hydrogens (tertiary/aromatic N) is 1. The molecule has 1 aromatic carbocycles. The highest BCUT2D eigenvalue weighted by molar-refractivity contribution is 5.25. The first-order valence-electron chi connectivity index (χ1n) is 7.20. The Bertz CT molecular complexity index is 348. The molecule has 1 aromatic rings. The summed E-state index contributed by atoms with van der Waals surface area (Å²) in [4.78, 5) is 2.35. The van der Waals surface area contributed by atoms with Crippen molar-refractivity contribution in [1.82, 2.24) is 10.2 Å². The highest BCUT2D eigenvalue weighted by Gasteiger charge is 2.05. The molecule has 0 saturated heterocycles. The fraction of sp³-hybridized carbons (Fsp3) is 0.625. The molecule has 1 unspecified atom stereocenters. The third-order valence-electron chi connectivity index (χ3n) is 3.64. The van der Waals surface area contributed by atoms with Crippen LogP contribution in [0.3, 0.4) is 0 Å². The number of hydrogen-bond acceptors (Lipinski definition) is 3. The van der Waals surface area contributed by atoms with Gasteiger partial charge in [-0.25, -0.2) is 0 Å². The summed E-state index contributed by atoms with van der Waals surface area (Å²) >= 11 is 0. The predicted octanol–water partition coefficient (Wildman–Crippen LogP) is 2.64. The molecule has 108 valence electrons. The molecule has 0 aliphatic carbocycles. The van der Waals surface area contributed by atoms with E-state index in [9.17, 15) is 5.11 Å². The Morgan fingerprint density at radius 2 is 1.79 bits per heavy atom. The van der Waals surface area contributed by atoms with Crippen LogP contribution in [0.4, 0.5) is 0 Å². The highest BCUT2D eigenvalue weighted by atomic mass is 16.3. The maximum absolute atomic E-state index is 9.23. The molecular formula is C16H28N2O. The van der Waals surface area contributed by atoms with Crippen LogP contribution in [0.15, 0.2) is 24.3 Å². The number of benzene rings is 1. The van der Waals surface area contributed by atoms with Gasteiger partial charge in [0.2, 0.25) is 0 Å². The maximum Gasteiger partial charge on any atom is 0.115 e. The summed E-state index contributed by atoms with van der Waals surface area (Å²) < 4.78 is 0. The van der Waals surface area contributed by atoms with Gasteiger partial charge in [-0.15, -0.1) is 0 Å². The summed E-state index contributed by atoms with van der Waals surface area (Å²) in [5.41, 5.74) is 1.28. The summed E-state index contributed by atoms with van der Waals surface area (Å²) in [7, 11) is 2.16. The predicted molar refractivity (Wildman–Crippen MR) is 81.7 cm³/mol. The van der Waals surface area contributed by atoms with E-state index >= 15 is 0 Å². The maximum atomic E-state index is 9.23. The molecule has 3 heteroatoms. The third-order valence-corrected chi connectivity index (χ3v) is 3.64. The minimum absolute atomic E-state index is 0.339. The summed E-state index contributed by atoms with van der Waals surface area (Å²) in [5.74, 6) is 0.339. The van der Waals surface area contributed by atoms with E-state index in [0.717, 1.165) is 25.9 Å². The van der Waals surface area contributed by atoms with Gasteiger partial charge in [-0.1, -0.05) is 12.1 Å². The van der Waals surface area contributed by atoms with Crippen LogP contribution in [0.1, 0.15) is 32.8 Å². The zero-order valence-corrected chi connectivity index (χ0v) is 12.7. The number of hydrogen-bond donors (Lipinski definition) is 2. The lowest BCUT2D eigenvalue weighted by molar-refractivity contribution is 0.269. The summed E-state index contributed by atoms with van der Waals surface area (Å²) in [6.45, 7) is 8.78. The first kappa shape index (κ1) is 16.0.